The van der Waals surface area contributed by atoms with Crippen LogP contribution in [0.1, 0.15) is 17.4 Å². The Labute approximate surface area is 146 Å². The van der Waals surface area contributed by atoms with Crippen molar-refractivity contribution >= 4 is 5.82 Å². The first-order chi connectivity index (χ1) is 12.2. The molecule has 6 heteroatoms. The van der Waals surface area contributed by atoms with Gasteiger partial charge in [0.05, 0.1) is 13.2 Å². The average molecular weight is 336 g/mol. The van der Waals surface area contributed by atoms with Crippen LogP contribution in [0.25, 0.3) is 11.4 Å². The zero-order valence-corrected chi connectivity index (χ0v) is 14.2. The molecule has 1 aromatic carbocycles. The Morgan fingerprint density at radius 3 is 2.64 bits per heavy atom. The first kappa shape index (κ1) is 16.9. The number of nitrogens with zero attached hydrogens (tertiary/aromatic N) is 3. The van der Waals surface area contributed by atoms with Gasteiger partial charge in [0.1, 0.15) is 11.6 Å². The minimum atomic E-state index is -0.712. The molecule has 0 bridgehead atoms. The lowest BCUT2D eigenvalue weighted by atomic mass is 10.1. The minimum absolute atomic E-state index is 0.312. The molecule has 2 heterocycles. The lowest BCUT2D eigenvalue weighted by molar-refractivity contribution is 0.187. The number of aromatic nitrogens is 3. The second-order valence-electron chi connectivity index (χ2n) is 5.59. The van der Waals surface area contributed by atoms with Crippen molar-refractivity contribution in [2.45, 2.75) is 13.0 Å². The number of para-hydroxylation sites is 1. The quantitative estimate of drug-likeness (QED) is 0.720. The van der Waals surface area contributed by atoms with E-state index in [0.29, 0.717) is 23.9 Å². The Bertz CT molecular complexity index is 840. The molecule has 128 valence electrons. The number of hydrogen-bond acceptors (Lipinski definition) is 6. The fourth-order valence-corrected chi connectivity index (χ4v) is 2.54. The van der Waals surface area contributed by atoms with E-state index in [-0.39, 0.29) is 0 Å². The van der Waals surface area contributed by atoms with Gasteiger partial charge < -0.3 is 15.2 Å². The molecule has 0 aliphatic rings. The first-order valence-corrected chi connectivity index (χ1v) is 7.98. The van der Waals surface area contributed by atoms with Gasteiger partial charge in [0.2, 0.25) is 0 Å². The molecule has 0 fully saturated rings. The Hall–Kier alpha value is -2.99. The molecule has 0 saturated carbocycles. The van der Waals surface area contributed by atoms with Crippen molar-refractivity contribution in [2.24, 2.45) is 0 Å². The minimum Gasteiger partial charge on any atom is -0.496 e. The van der Waals surface area contributed by atoms with Crippen LogP contribution < -0.4 is 10.1 Å². The predicted octanol–water partition coefficient (Wildman–Crippen LogP) is 3.00. The second-order valence-corrected chi connectivity index (χ2v) is 5.59. The third-order valence-corrected chi connectivity index (χ3v) is 3.77. The van der Waals surface area contributed by atoms with Crippen molar-refractivity contribution < 1.29 is 9.84 Å². The summed E-state index contributed by atoms with van der Waals surface area (Å²) in [4.78, 5) is 13.0. The van der Waals surface area contributed by atoms with Crippen LogP contribution in [0.2, 0.25) is 0 Å². The summed E-state index contributed by atoms with van der Waals surface area (Å²) in [5, 5.41) is 13.6. The van der Waals surface area contributed by atoms with E-state index in [9.17, 15) is 5.11 Å². The number of anilines is 1. The summed E-state index contributed by atoms with van der Waals surface area (Å²) < 4.78 is 5.30. The van der Waals surface area contributed by atoms with E-state index in [1.165, 1.54) is 0 Å². The van der Waals surface area contributed by atoms with Gasteiger partial charge in [-0.25, -0.2) is 9.97 Å². The number of hydrogen-bond donors (Lipinski definition) is 2. The average Bonchev–Trinajstić information content (AvgIpc) is 2.66. The van der Waals surface area contributed by atoms with Crippen molar-refractivity contribution in [3.8, 4) is 17.1 Å². The van der Waals surface area contributed by atoms with Gasteiger partial charge >= 0.3 is 0 Å². The summed E-state index contributed by atoms with van der Waals surface area (Å²) in [5.41, 5.74) is 2.47. The summed E-state index contributed by atoms with van der Waals surface area (Å²) in [6, 6.07) is 13.0. The van der Waals surface area contributed by atoms with Crippen molar-refractivity contribution in [2.75, 3.05) is 19.0 Å². The van der Waals surface area contributed by atoms with Gasteiger partial charge in [-0.3, -0.25) is 4.98 Å². The van der Waals surface area contributed by atoms with Gasteiger partial charge in [-0.1, -0.05) is 18.2 Å². The van der Waals surface area contributed by atoms with Crippen LogP contribution in [0.3, 0.4) is 0 Å². The number of benzene rings is 1. The molecule has 2 N–H and O–H groups in total. The fraction of sp³-hybridized carbons (Fsp3) is 0.211. The third-order valence-electron chi connectivity index (χ3n) is 3.77. The largest absolute Gasteiger partial charge is 0.496 e. The Morgan fingerprint density at radius 2 is 1.88 bits per heavy atom. The Kier molecular flexibility index (Phi) is 5.20. The molecule has 2 aromatic heterocycles. The molecule has 0 amide bonds. The molecule has 1 atom stereocenters. The topological polar surface area (TPSA) is 80.2 Å². The first-order valence-electron chi connectivity index (χ1n) is 7.98. The number of pyridine rings is 1. The molecule has 0 unspecified atom stereocenters. The third kappa shape index (κ3) is 4.10. The van der Waals surface area contributed by atoms with Gasteiger partial charge in [0.25, 0.3) is 0 Å². The van der Waals surface area contributed by atoms with Crippen LogP contribution in [0.15, 0.2) is 54.9 Å². The van der Waals surface area contributed by atoms with E-state index in [0.717, 1.165) is 16.8 Å². The lowest BCUT2D eigenvalue weighted by Gasteiger charge is -2.16. The summed E-state index contributed by atoms with van der Waals surface area (Å²) in [7, 11) is 1.59. The summed E-state index contributed by atoms with van der Waals surface area (Å²) >= 11 is 0. The smallest absolute Gasteiger partial charge is 0.161 e. The van der Waals surface area contributed by atoms with E-state index in [1.54, 1.807) is 19.5 Å². The van der Waals surface area contributed by atoms with E-state index in [2.05, 4.69) is 20.3 Å². The zero-order chi connectivity index (χ0) is 17.6. The zero-order valence-electron chi connectivity index (χ0n) is 14.2. The normalized spacial score (nSPS) is 11.8. The summed E-state index contributed by atoms with van der Waals surface area (Å²) in [5.74, 6) is 1.94. The van der Waals surface area contributed by atoms with Crippen LogP contribution in [0, 0.1) is 6.92 Å². The maximum Gasteiger partial charge on any atom is 0.161 e. The number of aliphatic hydroxyl groups excluding tert-OH is 1. The molecule has 25 heavy (non-hydrogen) atoms. The van der Waals surface area contributed by atoms with Crippen LogP contribution >= 0.6 is 0 Å². The number of aryl methyl sites for hydroxylation is 1. The maximum absolute atomic E-state index is 10.5. The van der Waals surface area contributed by atoms with Gasteiger partial charge in [-0.15, -0.1) is 0 Å². The molecule has 0 aliphatic heterocycles. The molecule has 0 saturated heterocycles. The SMILES string of the molecule is COc1ccccc1[C@@H](O)CNc1cc(C)nc(-c2ccncc2)n1. The van der Waals surface area contributed by atoms with Crippen LogP contribution in [0.4, 0.5) is 5.82 Å². The van der Waals surface area contributed by atoms with Crippen molar-refractivity contribution in [3.63, 3.8) is 0 Å². The van der Waals surface area contributed by atoms with E-state index in [4.69, 9.17) is 4.74 Å². The maximum atomic E-state index is 10.5. The molecule has 3 rings (SSSR count). The lowest BCUT2D eigenvalue weighted by Crippen LogP contribution is -2.14. The van der Waals surface area contributed by atoms with Crippen LogP contribution in [0.5, 0.6) is 5.75 Å². The van der Waals surface area contributed by atoms with Crippen molar-refractivity contribution in [1.82, 2.24) is 15.0 Å². The van der Waals surface area contributed by atoms with E-state index < -0.39 is 6.10 Å². The molecule has 6 nitrogen and oxygen atoms in total. The highest BCUT2D eigenvalue weighted by Crippen LogP contribution is 2.25. The standard InChI is InChI=1S/C19H20N4O2/c1-13-11-18(23-19(22-13)14-7-9-20-10-8-14)21-12-16(24)15-5-3-4-6-17(15)25-2/h3-11,16,24H,12H2,1-2H3,(H,21,22,23)/t16-/m0/s1. The van der Waals surface area contributed by atoms with Gasteiger partial charge in [0.15, 0.2) is 5.82 Å². The number of rotatable bonds is 6. The molecule has 0 aliphatic carbocycles. The molecular weight excluding hydrogens is 316 g/mol. The Morgan fingerprint density at radius 1 is 1.12 bits per heavy atom. The monoisotopic (exact) mass is 336 g/mol. The highest BCUT2D eigenvalue weighted by molar-refractivity contribution is 5.56. The molecular formula is C19H20N4O2. The number of ether oxygens (including phenoxy) is 1. The van der Waals surface area contributed by atoms with Crippen LogP contribution in [-0.2, 0) is 0 Å². The van der Waals surface area contributed by atoms with Crippen molar-refractivity contribution in [3.05, 3.63) is 66.1 Å². The highest BCUT2D eigenvalue weighted by Gasteiger charge is 2.13. The molecule has 3 aromatic rings. The Balaban J connectivity index is 1.76. The van der Waals surface area contributed by atoms with Gasteiger partial charge in [-0.05, 0) is 25.1 Å². The predicted molar refractivity (Wildman–Crippen MR) is 96.4 cm³/mol. The number of aliphatic hydroxyl groups is 1. The van der Waals surface area contributed by atoms with E-state index >= 15 is 0 Å². The van der Waals surface area contributed by atoms with Gasteiger partial charge in [0, 0.05) is 41.8 Å². The van der Waals surface area contributed by atoms with Crippen LogP contribution in [-0.4, -0.2) is 33.7 Å². The number of methoxy groups -OCH3 is 1. The summed E-state index contributed by atoms with van der Waals surface area (Å²) in [6.07, 6.45) is 2.70. The molecule has 0 radical (unpaired) electrons. The van der Waals surface area contributed by atoms with Crippen molar-refractivity contribution in [1.29, 1.82) is 0 Å². The second kappa shape index (κ2) is 7.72. The molecule has 0 spiro atoms. The summed E-state index contributed by atoms with van der Waals surface area (Å²) in [6.45, 7) is 2.22. The van der Waals surface area contributed by atoms with E-state index in [1.807, 2.05) is 49.4 Å². The highest BCUT2D eigenvalue weighted by atomic mass is 16.5. The number of nitrogens with one attached hydrogen (secondary N) is 1. The fourth-order valence-electron chi connectivity index (χ4n) is 2.54. The van der Waals surface area contributed by atoms with Gasteiger partial charge in [-0.2, -0.15) is 0 Å².